The molecule has 2 N–H and O–H groups in total. The molecule has 9 heteroatoms. The van der Waals surface area contributed by atoms with Gasteiger partial charge < -0.3 is 20.3 Å². The number of anilines is 2. The van der Waals surface area contributed by atoms with Gasteiger partial charge >= 0.3 is 6.09 Å². The third kappa shape index (κ3) is 3.25. The second-order valence-electron chi connectivity index (χ2n) is 8.03. The standard InChI is InChI=1S/C17H21ClN4O2S2/c1-16(2,3)24-15(23)22-8-17(9-22)6-21(7-17)13-12(20-14(19)26-13)11-4-10(18)5-25-11/h4-5H,6-9H2,1-3H3,(H2,19,20). The Morgan fingerprint density at radius 3 is 2.62 bits per heavy atom. The number of carbonyl (C=O) groups is 1. The molecular formula is C17H21ClN4O2S2. The number of thiophene rings is 1. The molecule has 2 aromatic rings. The summed E-state index contributed by atoms with van der Waals surface area (Å²) in [6, 6.07) is 1.92. The van der Waals surface area contributed by atoms with Gasteiger partial charge in [-0.25, -0.2) is 9.78 Å². The number of nitrogen functional groups attached to an aromatic ring is 1. The molecule has 1 amide bonds. The van der Waals surface area contributed by atoms with E-state index in [-0.39, 0.29) is 11.5 Å². The van der Waals surface area contributed by atoms with Crippen LogP contribution in [0.2, 0.25) is 5.02 Å². The van der Waals surface area contributed by atoms with Crippen molar-refractivity contribution in [2.24, 2.45) is 5.41 Å². The van der Waals surface area contributed by atoms with Crippen molar-refractivity contribution in [1.82, 2.24) is 9.88 Å². The molecule has 0 radical (unpaired) electrons. The van der Waals surface area contributed by atoms with Crippen LogP contribution in [0, 0.1) is 5.41 Å². The number of nitrogens with zero attached hydrogens (tertiary/aromatic N) is 3. The fraction of sp³-hybridized carbons (Fsp3) is 0.529. The molecule has 2 saturated heterocycles. The number of halogens is 1. The van der Waals surface area contributed by atoms with Crippen molar-refractivity contribution < 1.29 is 9.53 Å². The van der Waals surface area contributed by atoms with E-state index in [1.54, 1.807) is 16.2 Å². The van der Waals surface area contributed by atoms with Gasteiger partial charge in [-0.3, -0.25) is 0 Å². The summed E-state index contributed by atoms with van der Waals surface area (Å²) in [6.07, 6.45) is -0.225. The van der Waals surface area contributed by atoms with Crippen LogP contribution < -0.4 is 10.6 Å². The number of aromatic nitrogens is 1. The van der Waals surface area contributed by atoms with Crippen LogP contribution in [-0.4, -0.2) is 47.8 Å². The van der Waals surface area contributed by atoms with Crippen LogP contribution in [0.3, 0.4) is 0 Å². The van der Waals surface area contributed by atoms with Gasteiger partial charge in [0.15, 0.2) is 5.13 Å². The van der Waals surface area contributed by atoms with Crippen LogP contribution in [0.25, 0.3) is 10.6 Å². The topological polar surface area (TPSA) is 71.7 Å². The zero-order valence-corrected chi connectivity index (χ0v) is 17.3. The van der Waals surface area contributed by atoms with Gasteiger partial charge in [0.2, 0.25) is 0 Å². The maximum absolute atomic E-state index is 12.1. The summed E-state index contributed by atoms with van der Waals surface area (Å²) < 4.78 is 5.44. The van der Waals surface area contributed by atoms with E-state index in [0.29, 0.717) is 5.13 Å². The minimum atomic E-state index is -0.456. The summed E-state index contributed by atoms with van der Waals surface area (Å²) in [4.78, 5) is 21.7. The average Bonchev–Trinajstić information content (AvgIpc) is 3.00. The highest BCUT2D eigenvalue weighted by atomic mass is 35.5. The fourth-order valence-electron chi connectivity index (χ4n) is 3.47. The van der Waals surface area contributed by atoms with Crippen molar-refractivity contribution in [2.45, 2.75) is 26.4 Å². The molecule has 2 aliphatic rings. The number of hydrogen-bond acceptors (Lipinski definition) is 7. The minimum absolute atomic E-state index is 0.167. The Balaban J connectivity index is 1.40. The number of amides is 1. The lowest BCUT2D eigenvalue weighted by molar-refractivity contribution is -0.0451. The van der Waals surface area contributed by atoms with E-state index >= 15 is 0 Å². The van der Waals surface area contributed by atoms with Crippen molar-refractivity contribution in [3.05, 3.63) is 16.5 Å². The second kappa shape index (κ2) is 6.00. The molecule has 2 aromatic heterocycles. The molecule has 2 aliphatic heterocycles. The molecule has 0 aromatic carbocycles. The lowest BCUT2D eigenvalue weighted by Crippen LogP contribution is -2.73. The number of hydrogen-bond donors (Lipinski definition) is 1. The molecule has 6 nitrogen and oxygen atoms in total. The molecule has 140 valence electrons. The predicted octanol–water partition coefficient (Wildman–Crippen LogP) is 4.16. The largest absolute Gasteiger partial charge is 0.444 e. The summed E-state index contributed by atoms with van der Waals surface area (Å²) >= 11 is 9.13. The first-order chi connectivity index (χ1) is 12.1. The summed E-state index contributed by atoms with van der Waals surface area (Å²) in [5.41, 5.74) is 6.57. The Hall–Kier alpha value is -1.51. The van der Waals surface area contributed by atoms with Crippen LogP contribution in [0.4, 0.5) is 14.9 Å². The minimum Gasteiger partial charge on any atom is -0.444 e. The van der Waals surface area contributed by atoms with E-state index in [2.05, 4.69) is 9.88 Å². The predicted molar refractivity (Wildman–Crippen MR) is 107 cm³/mol. The SMILES string of the molecule is CC(C)(C)OC(=O)N1CC2(C1)CN(c1sc(N)nc1-c1cc(Cl)cs1)C2. The Morgan fingerprint density at radius 2 is 2.04 bits per heavy atom. The molecule has 4 rings (SSSR count). The number of thiazole rings is 1. The second-order valence-corrected chi connectivity index (χ2v) is 10.4. The maximum Gasteiger partial charge on any atom is 0.410 e. The van der Waals surface area contributed by atoms with Crippen molar-refractivity contribution in [2.75, 3.05) is 36.8 Å². The van der Waals surface area contributed by atoms with Crippen molar-refractivity contribution in [3.8, 4) is 10.6 Å². The monoisotopic (exact) mass is 412 g/mol. The molecular weight excluding hydrogens is 392 g/mol. The zero-order valence-electron chi connectivity index (χ0n) is 14.9. The number of rotatable bonds is 2. The highest BCUT2D eigenvalue weighted by Gasteiger charge is 2.54. The summed E-state index contributed by atoms with van der Waals surface area (Å²) in [7, 11) is 0. The highest BCUT2D eigenvalue weighted by Crippen LogP contribution is 2.48. The van der Waals surface area contributed by atoms with Crippen molar-refractivity contribution in [1.29, 1.82) is 0 Å². The van der Waals surface area contributed by atoms with Crippen LogP contribution in [0.15, 0.2) is 11.4 Å². The number of ether oxygens (including phenoxy) is 1. The number of nitrogens with two attached hydrogens (primary N) is 1. The van der Waals surface area contributed by atoms with Crippen molar-refractivity contribution >= 4 is 50.5 Å². The first-order valence-corrected chi connectivity index (χ1v) is 10.5. The maximum atomic E-state index is 12.1. The van der Waals surface area contributed by atoms with Gasteiger partial charge in [0.05, 0.1) is 9.90 Å². The molecule has 2 fully saturated rings. The average molecular weight is 413 g/mol. The summed E-state index contributed by atoms with van der Waals surface area (Å²) in [6.45, 7) is 8.95. The zero-order chi connectivity index (χ0) is 18.7. The lowest BCUT2D eigenvalue weighted by atomic mass is 9.73. The van der Waals surface area contributed by atoms with E-state index in [4.69, 9.17) is 22.1 Å². The molecule has 0 aliphatic carbocycles. The van der Waals surface area contributed by atoms with E-state index in [0.717, 1.165) is 46.8 Å². The van der Waals surface area contributed by atoms with Gasteiger partial charge in [-0.05, 0) is 26.8 Å². The third-order valence-electron chi connectivity index (χ3n) is 4.47. The van der Waals surface area contributed by atoms with E-state index < -0.39 is 5.60 Å². The summed E-state index contributed by atoms with van der Waals surface area (Å²) in [5.74, 6) is 0. The van der Waals surface area contributed by atoms with Gasteiger partial charge in [-0.15, -0.1) is 11.3 Å². The summed E-state index contributed by atoms with van der Waals surface area (Å²) in [5, 5.41) is 4.26. The van der Waals surface area contributed by atoms with Crippen LogP contribution >= 0.6 is 34.3 Å². The normalized spacial score (nSPS) is 18.6. The molecule has 0 unspecified atom stereocenters. The van der Waals surface area contributed by atoms with Crippen LogP contribution in [-0.2, 0) is 4.74 Å². The molecule has 4 heterocycles. The quantitative estimate of drug-likeness (QED) is 0.801. The van der Waals surface area contributed by atoms with Crippen LogP contribution in [0.1, 0.15) is 20.8 Å². The highest BCUT2D eigenvalue weighted by molar-refractivity contribution is 7.20. The van der Waals surface area contributed by atoms with E-state index in [9.17, 15) is 4.79 Å². The molecule has 0 atom stereocenters. The van der Waals surface area contributed by atoms with Gasteiger partial charge in [0, 0.05) is 37.0 Å². The molecule has 26 heavy (non-hydrogen) atoms. The van der Waals surface area contributed by atoms with Crippen LogP contribution in [0.5, 0.6) is 0 Å². The smallest absolute Gasteiger partial charge is 0.410 e. The molecule has 0 saturated carbocycles. The Bertz CT molecular complexity index is 843. The van der Waals surface area contributed by atoms with Crippen molar-refractivity contribution in [3.63, 3.8) is 0 Å². The molecule has 1 spiro atoms. The van der Waals surface area contributed by atoms with Gasteiger partial charge in [-0.1, -0.05) is 22.9 Å². The van der Waals surface area contributed by atoms with Gasteiger partial charge in [0.1, 0.15) is 16.3 Å². The lowest BCUT2D eigenvalue weighted by Gasteiger charge is -2.60. The third-order valence-corrected chi connectivity index (χ3v) is 6.70. The van der Waals surface area contributed by atoms with Gasteiger partial charge in [-0.2, -0.15) is 0 Å². The van der Waals surface area contributed by atoms with E-state index in [1.807, 2.05) is 32.2 Å². The number of carbonyl (C=O) groups excluding carboxylic acids is 1. The fourth-order valence-corrected chi connectivity index (χ4v) is 5.44. The first-order valence-electron chi connectivity index (χ1n) is 8.38. The van der Waals surface area contributed by atoms with E-state index in [1.165, 1.54) is 11.3 Å². The molecule has 0 bridgehead atoms. The van der Waals surface area contributed by atoms with Gasteiger partial charge in [0.25, 0.3) is 0 Å². The first kappa shape index (κ1) is 17.9. The Kier molecular flexibility index (Phi) is 4.13. The Labute approximate surface area is 165 Å². The number of likely N-dealkylation sites (tertiary alicyclic amines) is 1. The Morgan fingerprint density at radius 1 is 1.35 bits per heavy atom.